The SMILES string of the molecule is CCN(CC)C(=O)[C@@H]1CCCN(C(=O)c2csc(NC(=O)c3ccccc3C(F)(F)F)n2)C1. The number of anilines is 1. The van der Waals surface area contributed by atoms with E-state index in [9.17, 15) is 27.6 Å². The van der Waals surface area contributed by atoms with Crippen LogP contribution in [0.3, 0.4) is 0 Å². The fraction of sp³-hybridized carbons (Fsp3) is 0.455. The number of alkyl halides is 3. The summed E-state index contributed by atoms with van der Waals surface area (Å²) >= 11 is 0.950. The van der Waals surface area contributed by atoms with Gasteiger partial charge in [0.15, 0.2) is 5.13 Å². The Balaban J connectivity index is 1.69. The van der Waals surface area contributed by atoms with Crippen LogP contribution in [0.5, 0.6) is 0 Å². The first-order valence-corrected chi connectivity index (χ1v) is 11.5. The molecule has 1 aromatic carbocycles. The number of amides is 3. The van der Waals surface area contributed by atoms with Crippen molar-refractivity contribution in [3.8, 4) is 0 Å². The van der Waals surface area contributed by atoms with Crippen molar-refractivity contribution in [2.75, 3.05) is 31.5 Å². The average Bonchev–Trinajstić information content (AvgIpc) is 3.27. The number of hydrogen-bond acceptors (Lipinski definition) is 5. The molecular weight excluding hydrogens is 457 g/mol. The molecule has 3 rings (SSSR count). The quantitative estimate of drug-likeness (QED) is 0.671. The summed E-state index contributed by atoms with van der Waals surface area (Å²) < 4.78 is 39.5. The Kier molecular flexibility index (Phi) is 7.72. The smallest absolute Gasteiger partial charge is 0.343 e. The molecule has 2 aromatic rings. The van der Waals surface area contributed by atoms with Crippen molar-refractivity contribution < 1.29 is 27.6 Å². The third-order valence-electron chi connectivity index (χ3n) is 5.55. The first-order chi connectivity index (χ1) is 15.7. The van der Waals surface area contributed by atoms with Crippen LogP contribution in [0.2, 0.25) is 0 Å². The highest BCUT2D eigenvalue weighted by molar-refractivity contribution is 7.14. The standard InChI is InChI=1S/C22H25F3N4O3S/c1-3-28(4-2)19(31)14-8-7-11-29(12-14)20(32)17-13-33-21(26-17)27-18(30)15-9-5-6-10-16(15)22(23,24)25/h5-6,9-10,13-14H,3-4,7-8,11-12H2,1-2H3,(H,26,27,30)/t14-/m1/s1. The van der Waals surface area contributed by atoms with E-state index in [4.69, 9.17) is 0 Å². The van der Waals surface area contributed by atoms with Crippen LogP contribution in [-0.2, 0) is 11.0 Å². The van der Waals surface area contributed by atoms with E-state index < -0.39 is 23.2 Å². The lowest BCUT2D eigenvalue weighted by molar-refractivity contribution is -0.138. The molecule has 11 heteroatoms. The zero-order valence-corrected chi connectivity index (χ0v) is 19.1. The number of nitrogens with zero attached hydrogens (tertiary/aromatic N) is 3. The molecule has 0 aliphatic carbocycles. The summed E-state index contributed by atoms with van der Waals surface area (Å²) in [5.41, 5.74) is -1.50. The molecule has 33 heavy (non-hydrogen) atoms. The van der Waals surface area contributed by atoms with Crippen molar-refractivity contribution >= 4 is 34.2 Å². The third-order valence-corrected chi connectivity index (χ3v) is 6.31. The van der Waals surface area contributed by atoms with Crippen molar-refractivity contribution in [3.05, 3.63) is 46.5 Å². The lowest BCUT2D eigenvalue weighted by Crippen LogP contribution is -2.46. The van der Waals surface area contributed by atoms with Crippen molar-refractivity contribution in [1.29, 1.82) is 0 Å². The van der Waals surface area contributed by atoms with Gasteiger partial charge >= 0.3 is 6.18 Å². The van der Waals surface area contributed by atoms with E-state index in [0.717, 1.165) is 23.5 Å². The molecule has 1 fully saturated rings. The number of carbonyl (C=O) groups excluding carboxylic acids is 3. The summed E-state index contributed by atoms with van der Waals surface area (Å²) in [7, 11) is 0. The molecule has 1 aliphatic heterocycles. The monoisotopic (exact) mass is 482 g/mol. The van der Waals surface area contributed by atoms with Crippen molar-refractivity contribution in [3.63, 3.8) is 0 Å². The van der Waals surface area contributed by atoms with Crippen LogP contribution in [0, 0.1) is 5.92 Å². The van der Waals surface area contributed by atoms with Gasteiger partial charge in [-0.25, -0.2) is 4.98 Å². The highest BCUT2D eigenvalue weighted by atomic mass is 32.1. The molecule has 1 atom stereocenters. The van der Waals surface area contributed by atoms with Crippen molar-refractivity contribution in [2.24, 2.45) is 5.92 Å². The maximum absolute atomic E-state index is 13.2. The maximum atomic E-state index is 13.2. The molecule has 0 bridgehead atoms. The Morgan fingerprint density at radius 2 is 1.91 bits per heavy atom. The number of benzene rings is 1. The van der Waals surface area contributed by atoms with Gasteiger partial charge in [-0.3, -0.25) is 19.7 Å². The van der Waals surface area contributed by atoms with E-state index in [1.807, 2.05) is 13.8 Å². The van der Waals surface area contributed by atoms with Gasteiger partial charge in [0.05, 0.1) is 17.0 Å². The van der Waals surface area contributed by atoms with Crippen LogP contribution in [-0.4, -0.2) is 58.7 Å². The number of carbonyl (C=O) groups is 3. The molecule has 1 aromatic heterocycles. The van der Waals surface area contributed by atoms with Crippen LogP contribution >= 0.6 is 11.3 Å². The van der Waals surface area contributed by atoms with Crippen LogP contribution in [0.4, 0.5) is 18.3 Å². The first-order valence-electron chi connectivity index (χ1n) is 10.7. The molecule has 1 aliphatic rings. The van der Waals surface area contributed by atoms with Gasteiger partial charge in [0.25, 0.3) is 11.8 Å². The van der Waals surface area contributed by atoms with Crippen molar-refractivity contribution in [2.45, 2.75) is 32.9 Å². The molecule has 0 saturated carbocycles. The molecule has 2 heterocycles. The van der Waals surface area contributed by atoms with E-state index >= 15 is 0 Å². The van der Waals surface area contributed by atoms with Gasteiger partial charge in [-0.05, 0) is 38.8 Å². The summed E-state index contributed by atoms with van der Waals surface area (Å²) in [5, 5.41) is 3.81. The number of halogens is 3. The summed E-state index contributed by atoms with van der Waals surface area (Å²) in [6, 6.07) is 4.46. The number of nitrogens with one attached hydrogen (secondary N) is 1. The molecular formula is C22H25F3N4O3S. The van der Waals surface area contributed by atoms with Crippen LogP contribution in [0.1, 0.15) is 53.1 Å². The normalized spacial score (nSPS) is 16.4. The average molecular weight is 483 g/mol. The lowest BCUT2D eigenvalue weighted by atomic mass is 9.96. The Labute approximate surface area is 193 Å². The van der Waals surface area contributed by atoms with Crippen LogP contribution < -0.4 is 5.32 Å². The molecule has 0 unspecified atom stereocenters. The van der Waals surface area contributed by atoms with E-state index in [-0.39, 0.29) is 35.1 Å². The second-order valence-electron chi connectivity index (χ2n) is 7.64. The summed E-state index contributed by atoms with van der Waals surface area (Å²) in [6.07, 6.45) is -3.28. The minimum Gasteiger partial charge on any atom is -0.343 e. The molecule has 178 valence electrons. The largest absolute Gasteiger partial charge is 0.417 e. The number of piperidine rings is 1. The summed E-state index contributed by atoms with van der Waals surface area (Å²) in [6.45, 7) is 5.79. The molecule has 1 saturated heterocycles. The predicted octanol–water partition coefficient (Wildman–Crippen LogP) is 4.13. The zero-order valence-electron chi connectivity index (χ0n) is 18.3. The minimum atomic E-state index is -4.68. The molecule has 0 spiro atoms. The summed E-state index contributed by atoms with van der Waals surface area (Å²) in [4.78, 5) is 45.4. The Morgan fingerprint density at radius 1 is 1.21 bits per heavy atom. The highest BCUT2D eigenvalue weighted by Gasteiger charge is 2.35. The number of thiazole rings is 1. The zero-order chi connectivity index (χ0) is 24.2. The van der Waals surface area contributed by atoms with Crippen molar-refractivity contribution in [1.82, 2.24) is 14.8 Å². The van der Waals surface area contributed by atoms with Gasteiger partial charge in [-0.2, -0.15) is 13.2 Å². The number of hydrogen-bond donors (Lipinski definition) is 1. The second kappa shape index (κ2) is 10.3. The number of rotatable bonds is 6. The Hall–Kier alpha value is -2.95. The molecule has 3 amide bonds. The number of aromatic nitrogens is 1. The fourth-order valence-electron chi connectivity index (χ4n) is 3.84. The first kappa shape index (κ1) is 24.7. The van der Waals surface area contributed by atoms with Gasteiger partial charge in [0.2, 0.25) is 5.91 Å². The van der Waals surface area contributed by atoms with Gasteiger partial charge in [-0.1, -0.05) is 12.1 Å². The van der Waals surface area contributed by atoms with Crippen LogP contribution in [0.25, 0.3) is 0 Å². The summed E-state index contributed by atoms with van der Waals surface area (Å²) in [5.74, 6) is -1.59. The van der Waals surface area contributed by atoms with E-state index in [1.165, 1.54) is 17.5 Å². The molecule has 0 radical (unpaired) electrons. The maximum Gasteiger partial charge on any atom is 0.417 e. The third kappa shape index (κ3) is 5.70. The van der Waals surface area contributed by atoms with Crippen LogP contribution in [0.15, 0.2) is 29.6 Å². The van der Waals surface area contributed by atoms with E-state index in [1.54, 1.807) is 9.80 Å². The van der Waals surface area contributed by atoms with Gasteiger partial charge in [-0.15, -0.1) is 11.3 Å². The predicted molar refractivity (Wildman–Crippen MR) is 118 cm³/mol. The minimum absolute atomic E-state index is 0.0204. The van der Waals surface area contributed by atoms with E-state index in [0.29, 0.717) is 32.5 Å². The van der Waals surface area contributed by atoms with E-state index in [2.05, 4.69) is 10.3 Å². The second-order valence-corrected chi connectivity index (χ2v) is 8.49. The number of likely N-dealkylation sites (tertiary alicyclic amines) is 1. The molecule has 7 nitrogen and oxygen atoms in total. The fourth-order valence-corrected chi connectivity index (χ4v) is 4.52. The van der Waals surface area contributed by atoms with Gasteiger partial charge in [0, 0.05) is 31.6 Å². The highest BCUT2D eigenvalue weighted by Crippen LogP contribution is 2.32. The topological polar surface area (TPSA) is 82.6 Å². The molecule has 1 N–H and O–H groups in total. The Morgan fingerprint density at radius 3 is 2.58 bits per heavy atom. The Bertz CT molecular complexity index is 1020. The lowest BCUT2D eigenvalue weighted by Gasteiger charge is -2.34. The van der Waals surface area contributed by atoms with Gasteiger partial charge in [0.1, 0.15) is 5.69 Å². The van der Waals surface area contributed by atoms with Gasteiger partial charge < -0.3 is 9.80 Å².